The van der Waals surface area contributed by atoms with E-state index in [4.69, 9.17) is 0 Å². The number of hydrogen-bond acceptors (Lipinski definition) is 2. The van der Waals surface area contributed by atoms with Crippen LogP contribution in [0.15, 0.2) is 218 Å². The van der Waals surface area contributed by atoms with E-state index in [1.807, 2.05) is 6.07 Å². The number of aromatic nitrogens is 1. The maximum atomic E-state index is 12.1. The Labute approximate surface area is 401 Å². The van der Waals surface area contributed by atoms with Crippen LogP contribution in [0, 0.1) is 29.2 Å². The fourth-order valence-corrected chi connectivity index (χ4v) is 11.8. The van der Waals surface area contributed by atoms with Crippen molar-refractivity contribution in [2.24, 2.45) is 0 Å². The van der Waals surface area contributed by atoms with Gasteiger partial charge in [0.25, 0.3) is 0 Å². The van der Waals surface area contributed by atoms with Crippen LogP contribution in [0.2, 0.25) is 0 Å². The highest BCUT2D eigenvalue weighted by Gasteiger charge is 2.42. The van der Waals surface area contributed by atoms with Gasteiger partial charge in [0.1, 0.15) is 0 Å². The minimum Gasteiger partial charge on any atom is -0.309 e. The molecular formula is C63H36B2N4. The molecule has 0 atom stereocenters. The summed E-state index contributed by atoms with van der Waals surface area (Å²) < 4.78 is 2.28. The van der Waals surface area contributed by atoms with Gasteiger partial charge < -0.3 is 4.57 Å². The van der Waals surface area contributed by atoms with E-state index in [2.05, 4.69) is 234 Å². The average molecular weight is 871 g/mol. The van der Waals surface area contributed by atoms with Crippen LogP contribution in [0.25, 0.3) is 88.0 Å². The quantitative estimate of drug-likeness (QED) is 0.131. The summed E-state index contributed by atoms with van der Waals surface area (Å²) >= 11 is 0. The van der Waals surface area contributed by atoms with Crippen LogP contribution in [0.1, 0.15) is 11.1 Å². The van der Waals surface area contributed by atoms with E-state index in [0.29, 0.717) is 33.3 Å². The zero-order valence-electron chi connectivity index (χ0n) is 37.2. The van der Waals surface area contributed by atoms with Crippen LogP contribution >= 0.6 is 0 Å². The van der Waals surface area contributed by atoms with Gasteiger partial charge in [-0.25, -0.2) is 4.85 Å². The first-order valence-corrected chi connectivity index (χ1v) is 23.2. The zero-order valence-corrected chi connectivity index (χ0v) is 37.2. The zero-order chi connectivity index (χ0) is 46.2. The normalized spacial score (nSPS) is 12.0. The molecule has 2 aliphatic heterocycles. The molecule has 0 aliphatic carbocycles. The summed E-state index contributed by atoms with van der Waals surface area (Å²) in [6.45, 7) is 8.24. The smallest absolute Gasteiger partial charge is 0.246 e. The van der Waals surface area contributed by atoms with Crippen LogP contribution in [0.5, 0.6) is 0 Å². The third kappa shape index (κ3) is 5.89. The van der Waals surface area contributed by atoms with E-state index in [1.54, 1.807) is 0 Å². The summed E-state index contributed by atoms with van der Waals surface area (Å²) in [5.74, 6) is 0. The van der Waals surface area contributed by atoms with Gasteiger partial charge in [-0.3, -0.25) is 0 Å². The van der Waals surface area contributed by atoms with Gasteiger partial charge in [-0.05, 0) is 91.3 Å². The number of fused-ring (bicyclic) bond motifs is 13. The maximum Gasteiger partial charge on any atom is 0.246 e. The van der Waals surface area contributed by atoms with E-state index < -0.39 is 13.4 Å². The predicted octanol–water partition coefficient (Wildman–Crippen LogP) is 11.1. The number of nitriles is 2. The second-order valence-electron chi connectivity index (χ2n) is 17.9. The molecule has 0 fully saturated rings. The molecule has 2 aliphatic rings. The highest BCUT2D eigenvalue weighted by molar-refractivity contribution is 7.01. The largest absolute Gasteiger partial charge is 0.309 e. The van der Waals surface area contributed by atoms with Crippen molar-refractivity contribution in [3.8, 4) is 73.5 Å². The van der Waals surface area contributed by atoms with Gasteiger partial charge in [-0.15, -0.1) is 0 Å². The average Bonchev–Trinajstić information content (AvgIpc) is 3.61. The Kier molecular flexibility index (Phi) is 9.20. The lowest BCUT2D eigenvalue weighted by Gasteiger charge is -2.28. The lowest BCUT2D eigenvalue weighted by molar-refractivity contribution is 1.18. The Morgan fingerprint density at radius 3 is 1.28 bits per heavy atom. The number of hydrogen-bond donors (Lipinski definition) is 0. The molecule has 6 heteroatoms. The standard InChI is InChI=1S/C63H36B2N4/c1-68-63-60(40-35-36-59-51(37-40)50-29-13-18-34-58(50)69(59)41-19-3-2-4-20-41)52(38-66)61(64-54-30-14-9-25-46(54)42-21-5-6-22-43(42)47-26-10-15-31-55(47)64)53(39-67)62(63)65-56-32-16-11-27-48(56)44-23-7-8-24-45(44)49-28-12-17-33-57(49)65/h2-37H. The van der Waals surface area contributed by atoms with Gasteiger partial charge in [0.15, 0.2) is 5.69 Å². The molecule has 10 aromatic carbocycles. The fourth-order valence-electron chi connectivity index (χ4n) is 11.8. The fraction of sp³-hybridized carbons (Fsp3) is 0. The van der Waals surface area contributed by atoms with Gasteiger partial charge in [0, 0.05) is 33.2 Å². The number of rotatable bonds is 4. The second-order valence-corrected chi connectivity index (χ2v) is 17.9. The van der Waals surface area contributed by atoms with Crippen LogP contribution in [-0.2, 0) is 0 Å². The summed E-state index contributed by atoms with van der Waals surface area (Å²) in [5, 5.41) is 26.2. The molecule has 0 spiro atoms. The molecule has 0 bridgehead atoms. The van der Waals surface area contributed by atoms with E-state index in [1.165, 1.54) is 0 Å². The lowest BCUT2D eigenvalue weighted by atomic mass is 9.30. The number of nitrogens with zero attached hydrogens (tertiary/aromatic N) is 4. The molecule has 3 heterocycles. The van der Waals surface area contributed by atoms with Crippen molar-refractivity contribution in [3.63, 3.8) is 0 Å². The first-order chi connectivity index (χ1) is 34.2. The summed E-state index contributed by atoms with van der Waals surface area (Å²) in [5.41, 5.74) is 19.0. The van der Waals surface area contributed by atoms with Crippen LogP contribution in [-0.4, -0.2) is 18.0 Å². The van der Waals surface area contributed by atoms with E-state index >= 15 is 0 Å². The van der Waals surface area contributed by atoms with Gasteiger partial charge >= 0.3 is 0 Å². The molecule has 1 aromatic heterocycles. The monoisotopic (exact) mass is 870 g/mol. The topological polar surface area (TPSA) is 56.9 Å². The van der Waals surface area contributed by atoms with Crippen molar-refractivity contribution in [3.05, 3.63) is 241 Å². The number of benzene rings is 10. The summed E-state index contributed by atoms with van der Waals surface area (Å²) in [6, 6.07) is 81.4. The van der Waals surface area contributed by atoms with E-state index in [-0.39, 0.29) is 0 Å². The van der Waals surface area contributed by atoms with Crippen molar-refractivity contribution < 1.29 is 0 Å². The summed E-state index contributed by atoms with van der Waals surface area (Å²) in [6.07, 6.45) is 0. The third-order valence-electron chi connectivity index (χ3n) is 14.5. The Bertz CT molecular complexity index is 3780. The van der Waals surface area contributed by atoms with Gasteiger partial charge in [0.2, 0.25) is 13.4 Å². The third-order valence-corrected chi connectivity index (χ3v) is 14.5. The molecule has 11 aromatic rings. The molecule has 0 unspecified atom stereocenters. The highest BCUT2D eigenvalue weighted by atomic mass is 15.0. The molecule has 69 heavy (non-hydrogen) atoms. The Morgan fingerprint density at radius 2 is 0.797 bits per heavy atom. The molecule has 4 nitrogen and oxygen atoms in total. The minimum absolute atomic E-state index is 0.303. The van der Waals surface area contributed by atoms with E-state index in [0.717, 1.165) is 99.4 Å². The van der Waals surface area contributed by atoms with Crippen LogP contribution < -0.4 is 32.8 Å². The minimum atomic E-state index is -0.566. The highest BCUT2D eigenvalue weighted by Crippen LogP contribution is 2.42. The van der Waals surface area contributed by atoms with Crippen LogP contribution in [0.4, 0.5) is 5.69 Å². The summed E-state index contributed by atoms with van der Waals surface area (Å²) in [4.78, 5) is 4.53. The van der Waals surface area contributed by atoms with Crippen molar-refractivity contribution >= 4 is 73.7 Å². The van der Waals surface area contributed by atoms with Crippen molar-refractivity contribution in [2.75, 3.05) is 0 Å². The Morgan fingerprint density at radius 1 is 0.391 bits per heavy atom. The molecule has 0 N–H and O–H groups in total. The summed E-state index contributed by atoms with van der Waals surface area (Å²) in [7, 11) is 0. The van der Waals surface area contributed by atoms with Crippen molar-refractivity contribution in [2.45, 2.75) is 0 Å². The molecule has 0 amide bonds. The molecular weight excluding hydrogens is 834 g/mol. The van der Waals surface area contributed by atoms with Crippen molar-refractivity contribution in [1.29, 1.82) is 10.5 Å². The Balaban J connectivity index is 1.22. The van der Waals surface area contributed by atoms with Crippen molar-refractivity contribution in [1.82, 2.24) is 4.57 Å². The molecule has 13 rings (SSSR count). The lowest BCUT2D eigenvalue weighted by Crippen LogP contribution is -2.60. The number of para-hydroxylation sites is 2. The molecule has 314 valence electrons. The van der Waals surface area contributed by atoms with Gasteiger partial charge in [0.05, 0.1) is 29.7 Å². The molecule has 0 saturated carbocycles. The SMILES string of the molecule is [C-]#[N+]c1c(B2c3ccccc3-c3ccccc3-c3ccccc32)c(C#N)c(B2c3ccccc3-c3ccccc3-c3ccccc32)c(C#N)c1-c1ccc2c(c1)c1ccccc1n2-c1ccccc1. The van der Waals surface area contributed by atoms with Gasteiger partial charge in [-0.2, -0.15) is 10.5 Å². The predicted molar refractivity (Wildman–Crippen MR) is 286 cm³/mol. The first kappa shape index (κ1) is 39.9. The second kappa shape index (κ2) is 15.9. The van der Waals surface area contributed by atoms with E-state index in [9.17, 15) is 17.1 Å². The first-order valence-electron chi connectivity index (χ1n) is 23.2. The Hall–Kier alpha value is -9.40. The molecule has 0 saturated heterocycles. The van der Waals surface area contributed by atoms with Gasteiger partial charge in [-0.1, -0.05) is 210 Å². The maximum absolute atomic E-state index is 12.1. The molecule has 0 radical (unpaired) electrons. The van der Waals surface area contributed by atoms with Crippen LogP contribution in [0.3, 0.4) is 0 Å².